The average molecular weight is 427 g/mol. The number of methoxy groups -OCH3 is 1. The lowest BCUT2D eigenvalue weighted by Gasteiger charge is -2.16. The van der Waals surface area contributed by atoms with Crippen molar-refractivity contribution in [1.82, 2.24) is 4.90 Å². The van der Waals surface area contributed by atoms with Gasteiger partial charge in [-0.3, -0.25) is 14.5 Å². The second-order valence-corrected chi connectivity index (χ2v) is 8.03. The number of imide groups is 1. The minimum absolute atomic E-state index is 0.218. The first-order chi connectivity index (χ1) is 15.4. The zero-order valence-corrected chi connectivity index (χ0v) is 18.7. The van der Waals surface area contributed by atoms with Gasteiger partial charge in [0.25, 0.3) is 11.8 Å². The number of ether oxygens (including phenoxy) is 1. The summed E-state index contributed by atoms with van der Waals surface area (Å²) in [5.74, 6) is 0.0440. The minimum atomic E-state index is -0.331. The number of amides is 2. The van der Waals surface area contributed by atoms with E-state index in [-0.39, 0.29) is 18.4 Å². The van der Waals surface area contributed by atoms with Gasteiger partial charge < -0.3 is 10.1 Å². The van der Waals surface area contributed by atoms with Crippen molar-refractivity contribution in [3.05, 3.63) is 100 Å². The number of carbonyl (C=O) groups is 2. The van der Waals surface area contributed by atoms with Crippen LogP contribution in [0.4, 0.5) is 5.69 Å². The summed E-state index contributed by atoms with van der Waals surface area (Å²) in [7, 11) is 1.59. The number of carbonyl (C=O) groups excluding carboxylic acids is 2. The van der Waals surface area contributed by atoms with Gasteiger partial charge in [-0.1, -0.05) is 54.1 Å². The normalized spacial score (nSPS) is 13.7. The zero-order valence-electron chi connectivity index (χ0n) is 18.7. The fraction of sp³-hybridized carbons (Fsp3) is 0.185. The molecule has 5 heteroatoms. The molecule has 0 saturated carbocycles. The first-order valence-corrected chi connectivity index (χ1v) is 10.5. The van der Waals surface area contributed by atoms with E-state index in [4.69, 9.17) is 4.74 Å². The van der Waals surface area contributed by atoms with Gasteiger partial charge in [0, 0.05) is 5.69 Å². The predicted molar refractivity (Wildman–Crippen MR) is 126 cm³/mol. The standard InChI is InChI=1S/C27H26N2O3/c1-17-8-10-20(11-9-17)16-29-26(30)24(21-12-14-22(32-4)15-13-21)25(27(29)31)28-23-7-5-6-18(2)19(23)3/h5-15,28H,16H2,1-4H3. The van der Waals surface area contributed by atoms with Crippen LogP contribution < -0.4 is 10.1 Å². The smallest absolute Gasteiger partial charge is 0.278 e. The summed E-state index contributed by atoms with van der Waals surface area (Å²) < 4.78 is 5.25. The number of hydrogen-bond acceptors (Lipinski definition) is 4. The molecule has 4 rings (SSSR count). The molecular weight excluding hydrogens is 400 g/mol. The minimum Gasteiger partial charge on any atom is -0.497 e. The number of hydrogen-bond donors (Lipinski definition) is 1. The molecule has 0 saturated heterocycles. The van der Waals surface area contributed by atoms with E-state index in [1.165, 1.54) is 4.90 Å². The van der Waals surface area contributed by atoms with Gasteiger partial charge in [-0.2, -0.15) is 0 Å². The number of benzene rings is 3. The Hall–Kier alpha value is -3.86. The maximum absolute atomic E-state index is 13.5. The van der Waals surface area contributed by atoms with Crippen LogP contribution in [0.1, 0.15) is 27.8 Å². The summed E-state index contributed by atoms with van der Waals surface area (Å²) in [4.78, 5) is 28.2. The van der Waals surface area contributed by atoms with E-state index in [1.54, 1.807) is 31.4 Å². The number of nitrogens with zero attached hydrogens (tertiary/aromatic N) is 1. The summed E-state index contributed by atoms with van der Waals surface area (Å²) in [6.45, 7) is 6.24. The highest BCUT2D eigenvalue weighted by Gasteiger charge is 2.39. The van der Waals surface area contributed by atoms with Crippen LogP contribution in [0.2, 0.25) is 0 Å². The van der Waals surface area contributed by atoms with E-state index in [9.17, 15) is 9.59 Å². The van der Waals surface area contributed by atoms with Gasteiger partial charge in [-0.15, -0.1) is 0 Å². The molecule has 2 amide bonds. The summed E-state index contributed by atoms with van der Waals surface area (Å²) in [6, 6.07) is 20.9. The summed E-state index contributed by atoms with van der Waals surface area (Å²) in [6.07, 6.45) is 0. The first kappa shape index (κ1) is 21.4. The van der Waals surface area contributed by atoms with Crippen LogP contribution in [-0.4, -0.2) is 23.8 Å². The molecule has 32 heavy (non-hydrogen) atoms. The monoisotopic (exact) mass is 426 g/mol. The third kappa shape index (κ3) is 4.02. The van der Waals surface area contributed by atoms with Crippen LogP contribution in [0.15, 0.2) is 72.4 Å². The summed E-state index contributed by atoms with van der Waals surface area (Å²) in [5, 5.41) is 3.27. The lowest BCUT2D eigenvalue weighted by atomic mass is 10.0. The Bertz CT molecular complexity index is 1210. The lowest BCUT2D eigenvalue weighted by molar-refractivity contribution is -0.137. The highest BCUT2D eigenvalue weighted by atomic mass is 16.5. The molecule has 162 valence electrons. The summed E-state index contributed by atoms with van der Waals surface area (Å²) in [5.41, 5.74) is 6.31. The van der Waals surface area contributed by atoms with Crippen molar-refractivity contribution in [2.75, 3.05) is 12.4 Å². The highest BCUT2D eigenvalue weighted by Crippen LogP contribution is 2.33. The Balaban J connectivity index is 1.76. The van der Waals surface area contributed by atoms with Gasteiger partial charge in [0.2, 0.25) is 0 Å². The van der Waals surface area contributed by atoms with Crippen molar-refractivity contribution in [3.63, 3.8) is 0 Å². The third-order valence-electron chi connectivity index (χ3n) is 5.87. The van der Waals surface area contributed by atoms with Crippen LogP contribution in [0.5, 0.6) is 5.75 Å². The number of nitrogens with one attached hydrogen (secondary N) is 1. The maximum atomic E-state index is 13.5. The first-order valence-electron chi connectivity index (χ1n) is 10.5. The van der Waals surface area contributed by atoms with Crippen molar-refractivity contribution in [1.29, 1.82) is 0 Å². The van der Waals surface area contributed by atoms with Gasteiger partial charge in [-0.25, -0.2) is 0 Å². The van der Waals surface area contributed by atoms with Crippen molar-refractivity contribution in [3.8, 4) is 5.75 Å². The molecule has 1 N–H and O–H groups in total. The maximum Gasteiger partial charge on any atom is 0.278 e. The largest absolute Gasteiger partial charge is 0.497 e. The Kier molecular flexibility index (Phi) is 5.82. The van der Waals surface area contributed by atoms with Gasteiger partial charge in [0.05, 0.1) is 19.2 Å². The van der Waals surface area contributed by atoms with E-state index in [2.05, 4.69) is 5.32 Å². The molecule has 3 aromatic carbocycles. The molecule has 0 unspecified atom stereocenters. The van der Waals surface area contributed by atoms with E-state index in [0.717, 1.165) is 27.9 Å². The molecule has 3 aromatic rings. The van der Waals surface area contributed by atoms with Crippen molar-refractivity contribution in [2.45, 2.75) is 27.3 Å². The Morgan fingerprint density at radius 1 is 0.844 bits per heavy atom. The number of anilines is 1. The van der Waals surface area contributed by atoms with E-state index >= 15 is 0 Å². The highest BCUT2D eigenvalue weighted by molar-refractivity contribution is 6.36. The number of aryl methyl sites for hydroxylation is 2. The molecule has 5 nitrogen and oxygen atoms in total. The van der Waals surface area contributed by atoms with Crippen molar-refractivity contribution < 1.29 is 14.3 Å². The van der Waals surface area contributed by atoms with Crippen LogP contribution in [-0.2, 0) is 16.1 Å². The average Bonchev–Trinajstić information content (AvgIpc) is 3.02. The fourth-order valence-corrected chi connectivity index (χ4v) is 3.76. The summed E-state index contributed by atoms with van der Waals surface area (Å²) >= 11 is 0. The van der Waals surface area contributed by atoms with Gasteiger partial charge in [0.1, 0.15) is 11.4 Å². The molecule has 0 spiro atoms. The molecule has 0 radical (unpaired) electrons. The second-order valence-electron chi connectivity index (χ2n) is 8.03. The van der Waals surface area contributed by atoms with Gasteiger partial charge in [-0.05, 0) is 61.2 Å². The van der Waals surface area contributed by atoms with E-state index < -0.39 is 0 Å². The molecule has 1 aliphatic heterocycles. The molecule has 1 heterocycles. The fourth-order valence-electron chi connectivity index (χ4n) is 3.76. The van der Waals surface area contributed by atoms with E-state index in [0.29, 0.717) is 22.6 Å². The Morgan fingerprint density at radius 2 is 1.53 bits per heavy atom. The molecule has 0 aliphatic carbocycles. The van der Waals surface area contributed by atoms with Crippen LogP contribution in [0.3, 0.4) is 0 Å². The number of rotatable bonds is 6. The van der Waals surface area contributed by atoms with Crippen molar-refractivity contribution in [2.24, 2.45) is 0 Å². The second kappa shape index (κ2) is 8.71. The molecule has 0 bridgehead atoms. The molecule has 1 aliphatic rings. The van der Waals surface area contributed by atoms with Crippen LogP contribution >= 0.6 is 0 Å². The van der Waals surface area contributed by atoms with Gasteiger partial charge >= 0.3 is 0 Å². The van der Waals surface area contributed by atoms with Crippen molar-refractivity contribution >= 4 is 23.1 Å². The lowest BCUT2D eigenvalue weighted by Crippen LogP contribution is -2.32. The molecule has 0 fully saturated rings. The Morgan fingerprint density at radius 3 is 2.19 bits per heavy atom. The topological polar surface area (TPSA) is 58.6 Å². The third-order valence-corrected chi connectivity index (χ3v) is 5.87. The predicted octanol–water partition coefficient (Wildman–Crippen LogP) is 5.01. The molecule has 0 aromatic heterocycles. The SMILES string of the molecule is COc1ccc(C2=C(Nc3cccc(C)c3C)C(=O)N(Cc3ccc(C)cc3)C2=O)cc1. The molecular formula is C27H26N2O3. The van der Waals surface area contributed by atoms with E-state index in [1.807, 2.05) is 63.2 Å². The van der Waals surface area contributed by atoms with Crippen LogP contribution in [0.25, 0.3) is 5.57 Å². The van der Waals surface area contributed by atoms with Gasteiger partial charge in [0.15, 0.2) is 0 Å². The quantitative estimate of drug-likeness (QED) is 0.563. The zero-order chi connectivity index (χ0) is 22.8. The van der Waals surface area contributed by atoms with Crippen LogP contribution in [0, 0.1) is 20.8 Å². The molecule has 0 atom stereocenters. The Labute approximate surface area is 188 Å².